The lowest BCUT2D eigenvalue weighted by Gasteiger charge is -2.15. The Labute approximate surface area is 183 Å². The molecule has 1 atom stereocenters. The molecule has 4 rings (SSSR count). The van der Waals surface area contributed by atoms with Crippen molar-refractivity contribution in [3.63, 3.8) is 0 Å². The van der Waals surface area contributed by atoms with Gasteiger partial charge in [0, 0.05) is 25.9 Å². The number of nitrogens with one attached hydrogen (secondary N) is 1. The number of anilines is 1. The number of aromatic nitrogens is 1. The van der Waals surface area contributed by atoms with Crippen LogP contribution in [0.15, 0.2) is 65.7 Å². The molecule has 3 aromatic rings. The number of rotatable bonds is 5. The molecule has 0 radical (unpaired) electrons. The van der Waals surface area contributed by atoms with E-state index in [1.54, 1.807) is 25.1 Å². The van der Waals surface area contributed by atoms with E-state index in [1.165, 1.54) is 6.07 Å². The second kappa shape index (κ2) is 8.15. The lowest BCUT2D eigenvalue weighted by molar-refractivity contribution is -0.120. The molecule has 1 aliphatic rings. The molecule has 1 heterocycles. The largest absolute Gasteiger partial charge is 0.363 e. The third-order valence-corrected chi connectivity index (χ3v) is 7.23. The number of pyridine rings is 1. The number of benzene rings is 2. The van der Waals surface area contributed by atoms with Crippen LogP contribution in [0.5, 0.6) is 0 Å². The van der Waals surface area contributed by atoms with E-state index in [0.29, 0.717) is 18.4 Å². The van der Waals surface area contributed by atoms with E-state index in [2.05, 4.69) is 9.71 Å². The Bertz CT molecular complexity index is 1240. The van der Waals surface area contributed by atoms with E-state index in [1.807, 2.05) is 55.5 Å². The van der Waals surface area contributed by atoms with Crippen molar-refractivity contribution in [2.24, 2.45) is 0 Å². The summed E-state index contributed by atoms with van der Waals surface area (Å²) in [4.78, 5) is 19.5. The highest BCUT2D eigenvalue weighted by Gasteiger charge is 2.33. The van der Waals surface area contributed by atoms with Crippen molar-refractivity contribution in [2.75, 3.05) is 19.0 Å². The summed E-state index contributed by atoms with van der Waals surface area (Å²) in [5.74, 6) is -0.113. The molecule has 0 saturated heterocycles. The molecular formula is C24H25N3O3S. The molecule has 0 spiro atoms. The number of amides is 1. The first-order valence-corrected chi connectivity index (χ1v) is 11.6. The molecule has 1 aromatic heterocycles. The summed E-state index contributed by atoms with van der Waals surface area (Å²) in [6, 6.07) is 16.5. The van der Waals surface area contributed by atoms with E-state index in [-0.39, 0.29) is 4.90 Å². The molecule has 7 heteroatoms. The minimum atomic E-state index is -3.92. The minimum Gasteiger partial charge on any atom is -0.363 e. The van der Waals surface area contributed by atoms with E-state index < -0.39 is 21.8 Å². The van der Waals surface area contributed by atoms with Crippen LogP contribution in [-0.4, -0.2) is 33.4 Å². The minimum absolute atomic E-state index is 0.127. The standard InChI is InChI=1S/C24H25N3O3S/c1-16-7-4-5-10-22(16)31(29,30)26-24(28)21-13-12-20-18(8-6-9-19(20)21)17-11-14-23(25-15-17)27(2)3/h4-11,14-15,21H,12-13H2,1-3H3,(H,26,28). The van der Waals surface area contributed by atoms with Gasteiger partial charge in [-0.1, -0.05) is 36.4 Å². The van der Waals surface area contributed by atoms with Gasteiger partial charge < -0.3 is 4.90 Å². The second-order valence-corrected chi connectivity index (χ2v) is 9.65. The molecule has 0 saturated carbocycles. The molecule has 1 N–H and O–H groups in total. The van der Waals surface area contributed by atoms with Gasteiger partial charge in [-0.25, -0.2) is 18.1 Å². The SMILES string of the molecule is Cc1ccccc1S(=O)(=O)NC(=O)C1CCc2c(-c3ccc(N(C)C)nc3)cccc21. The lowest BCUT2D eigenvalue weighted by Crippen LogP contribution is -2.34. The van der Waals surface area contributed by atoms with Gasteiger partial charge in [0.1, 0.15) is 5.82 Å². The first-order valence-electron chi connectivity index (χ1n) is 10.2. The molecule has 160 valence electrons. The van der Waals surface area contributed by atoms with Gasteiger partial charge in [0.05, 0.1) is 10.8 Å². The summed E-state index contributed by atoms with van der Waals surface area (Å²) < 4.78 is 27.8. The van der Waals surface area contributed by atoms with Crippen LogP contribution in [0.1, 0.15) is 29.0 Å². The molecule has 0 bridgehead atoms. The first-order chi connectivity index (χ1) is 14.8. The van der Waals surface area contributed by atoms with Crippen LogP contribution in [0.25, 0.3) is 11.1 Å². The number of nitrogens with zero attached hydrogens (tertiary/aromatic N) is 2. The molecule has 6 nitrogen and oxygen atoms in total. The number of sulfonamides is 1. The van der Waals surface area contributed by atoms with Gasteiger partial charge in [-0.15, -0.1) is 0 Å². The highest BCUT2D eigenvalue weighted by Crippen LogP contribution is 2.39. The maximum Gasteiger partial charge on any atom is 0.264 e. The predicted octanol–water partition coefficient (Wildman–Crippen LogP) is 3.66. The Morgan fingerprint density at radius 1 is 1.06 bits per heavy atom. The Kier molecular flexibility index (Phi) is 5.54. The highest BCUT2D eigenvalue weighted by atomic mass is 32.2. The summed E-state index contributed by atoms with van der Waals surface area (Å²) in [5, 5.41) is 0. The van der Waals surface area contributed by atoms with Crippen molar-refractivity contribution in [1.29, 1.82) is 0 Å². The zero-order chi connectivity index (χ0) is 22.2. The van der Waals surface area contributed by atoms with Gasteiger partial charge in [0.25, 0.3) is 10.0 Å². The maximum atomic E-state index is 13.0. The molecule has 0 aliphatic heterocycles. The molecule has 0 fully saturated rings. The average Bonchev–Trinajstić information content (AvgIpc) is 3.18. The molecule has 31 heavy (non-hydrogen) atoms. The predicted molar refractivity (Wildman–Crippen MR) is 122 cm³/mol. The van der Waals surface area contributed by atoms with Crippen molar-refractivity contribution in [3.05, 3.63) is 77.5 Å². The van der Waals surface area contributed by atoms with E-state index >= 15 is 0 Å². The Balaban J connectivity index is 1.61. The Morgan fingerprint density at radius 3 is 2.52 bits per heavy atom. The molecule has 1 amide bonds. The zero-order valence-electron chi connectivity index (χ0n) is 17.8. The Hall–Kier alpha value is -3.19. The summed E-state index contributed by atoms with van der Waals surface area (Å²) in [6.07, 6.45) is 3.12. The number of carbonyl (C=O) groups is 1. The number of hydrogen-bond acceptors (Lipinski definition) is 5. The number of carbonyl (C=O) groups excluding carboxylic acids is 1. The Morgan fingerprint density at radius 2 is 1.84 bits per heavy atom. The summed E-state index contributed by atoms with van der Waals surface area (Å²) >= 11 is 0. The molecule has 1 aliphatic carbocycles. The van der Waals surface area contributed by atoms with Gasteiger partial charge in [-0.05, 0) is 60.2 Å². The van der Waals surface area contributed by atoms with E-state index in [9.17, 15) is 13.2 Å². The fraction of sp³-hybridized carbons (Fsp3) is 0.250. The summed E-state index contributed by atoms with van der Waals surface area (Å²) in [5.41, 5.74) is 4.58. The molecule has 1 unspecified atom stereocenters. The van der Waals surface area contributed by atoms with Crippen LogP contribution < -0.4 is 9.62 Å². The van der Waals surface area contributed by atoms with Crippen molar-refractivity contribution in [2.45, 2.75) is 30.6 Å². The van der Waals surface area contributed by atoms with Crippen LogP contribution in [0, 0.1) is 6.92 Å². The van der Waals surface area contributed by atoms with Gasteiger partial charge in [-0.3, -0.25) is 4.79 Å². The second-order valence-electron chi connectivity index (χ2n) is 8.00. The maximum absolute atomic E-state index is 13.0. The van der Waals surface area contributed by atoms with Crippen LogP contribution in [0.3, 0.4) is 0 Å². The van der Waals surface area contributed by atoms with Crippen LogP contribution >= 0.6 is 0 Å². The fourth-order valence-electron chi connectivity index (χ4n) is 4.12. The van der Waals surface area contributed by atoms with Crippen molar-refractivity contribution >= 4 is 21.7 Å². The van der Waals surface area contributed by atoms with Gasteiger partial charge in [-0.2, -0.15) is 0 Å². The number of fused-ring (bicyclic) bond motifs is 1. The van der Waals surface area contributed by atoms with E-state index in [0.717, 1.165) is 28.1 Å². The van der Waals surface area contributed by atoms with Crippen LogP contribution in [0.2, 0.25) is 0 Å². The lowest BCUT2D eigenvalue weighted by atomic mass is 9.95. The average molecular weight is 436 g/mol. The topological polar surface area (TPSA) is 79.4 Å². The fourth-order valence-corrected chi connectivity index (χ4v) is 5.39. The monoisotopic (exact) mass is 435 g/mol. The van der Waals surface area contributed by atoms with Gasteiger partial charge >= 0.3 is 0 Å². The summed E-state index contributed by atoms with van der Waals surface area (Å²) in [7, 11) is -0.0378. The highest BCUT2D eigenvalue weighted by molar-refractivity contribution is 7.90. The van der Waals surface area contributed by atoms with Crippen molar-refractivity contribution in [3.8, 4) is 11.1 Å². The normalized spacial score (nSPS) is 15.4. The zero-order valence-corrected chi connectivity index (χ0v) is 18.6. The van der Waals surface area contributed by atoms with Crippen molar-refractivity contribution in [1.82, 2.24) is 9.71 Å². The smallest absolute Gasteiger partial charge is 0.264 e. The number of aryl methyl sites for hydroxylation is 1. The van der Waals surface area contributed by atoms with Crippen LogP contribution in [-0.2, 0) is 21.2 Å². The van der Waals surface area contributed by atoms with Gasteiger partial charge in [0.15, 0.2) is 0 Å². The van der Waals surface area contributed by atoms with Crippen LogP contribution in [0.4, 0.5) is 5.82 Å². The summed E-state index contributed by atoms with van der Waals surface area (Å²) in [6.45, 7) is 1.71. The third-order valence-electron chi connectivity index (χ3n) is 5.72. The molecule has 2 aromatic carbocycles. The quantitative estimate of drug-likeness (QED) is 0.662. The first kappa shape index (κ1) is 21.1. The number of hydrogen-bond donors (Lipinski definition) is 1. The van der Waals surface area contributed by atoms with Gasteiger partial charge in [0.2, 0.25) is 5.91 Å². The molecular weight excluding hydrogens is 410 g/mol. The van der Waals surface area contributed by atoms with Crippen molar-refractivity contribution < 1.29 is 13.2 Å². The van der Waals surface area contributed by atoms with E-state index in [4.69, 9.17) is 0 Å². The third kappa shape index (κ3) is 4.05.